The molecular weight excluding hydrogens is 284 g/mol. The standard InChI is InChI=1S/C20H22N2O/c23-20(17-10-5-2-6-11-17)22-15-14-21-13-7-12-18(21)19(22)16-8-3-1-4-9-16/h1-5,7-9,12-13,17,19H,6,10-11,14-15H2/t17-,19-/m1/s1. The van der Waals surface area contributed by atoms with Crippen LogP contribution in [0.25, 0.3) is 0 Å². The third-order valence-electron chi connectivity index (χ3n) is 5.05. The van der Waals surface area contributed by atoms with E-state index in [4.69, 9.17) is 0 Å². The van der Waals surface area contributed by atoms with Crippen molar-refractivity contribution in [3.05, 3.63) is 72.1 Å². The molecular formula is C20H22N2O. The molecule has 3 heteroatoms. The van der Waals surface area contributed by atoms with E-state index in [1.54, 1.807) is 0 Å². The number of hydrogen-bond donors (Lipinski definition) is 0. The van der Waals surface area contributed by atoms with E-state index in [-0.39, 0.29) is 12.0 Å². The third kappa shape index (κ3) is 2.61. The number of fused-ring (bicyclic) bond motifs is 1. The molecule has 0 unspecified atom stereocenters. The van der Waals surface area contributed by atoms with E-state index in [0.29, 0.717) is 5.91 Å². The number of carbonyl (C=O) groups is 1. The molecule has 4 rings (SSSR count). The Morgan fingerprint density at radius 1 is 1.00 bits per heavy atom. The van der Waals surface area contributed by atoms with Gasteiger partial charge in [0.2, 0.25) is 5.91 Å². The molecule has 1 amide bonds. The minimum atomic E-state index is 0.0401. The smallest absolute Gasteiger partial charge is 0.226 e. The van der Waals surface area contributed by atoms with Gasteiger partial charge in [-0.2, -0.15) is 0 Å². The second-order valence-corrected chi connectivity index (χ2v) is 6.45. The van der Waals surface area contributed by atoms with Crippen LogP contribution in [0.2, 0.25) is 0 Å². The van der Waals surface area contributed by atoms with Gasteiger partial charge in [0.15, 0.2) is 0 Å². The first-order valence-corrected chi connectivity index (χ1v) is 8.50. The number of aromatic nitrogens is 1. The minimum absolute atomic E-state index is 0.0401. The number of rotatable bonds is 2. The van der Waals surface area contributed by atoms with E-state index < -0.39 is 0 Å². The van der Waals surface area contributed by atoms with Crippen LogP contribution in [-0.2, 0) is 11.3 Å². The zero-order chi connectivity index (χ0) is 15.6. The highest BCUT2D eigenvalue weighted by molar-refractivity contribution is 5.80. The highest BCUT2D eigenvalue weighted by atomic mass is 16.2. The van der Waals surface area contributed by atoms with Crippen molar-refractivity contribution in [1.82, 2.24) is 9.47 Å². The molecule has 0 saturated heterocycles. The Hall–Kier alpha value is -2.29. The largest absolute Gasteiger partial charge is 0.348 e. The summed E-state index contributed by atoms with van der Waals surface area (Å²) in [6, 6.07) is 14.7. The van der Waals surface area contributed by atoms with Crippen LogP contribution >= 0.6 is 0 Å². The fourth-order valence-corrected chi connectivity index (χ4v) is 3.86. The van der Waals surface area contributed by atoms with Crippen LogP contribution in [0, 0.1) is 5.92 Å². The Labute approximate surface area is 137 Å². The van der Waals surface area contributed by atoms with Crippen LogP contribution in [0.1, 0.15) is 36.6 Å². The van der Waals surface area contributed by atoms with Crippen molar-refractivity contribution in [2.45, 2.75) is 31.8 Å². The van der Waals surface area contributed by atoms with Crippen LogP contribution in [0.5, 0.6) is 0 Å². The molecule has 2 aromatic rings. The highest BCUT2D eigenvalue weighted by Crippen LogP contribution is 2.34. The fraction of sp³-hybridized carbons (Fsp3) is 0.350. The van der Waals surface area contributed by atoms with Gasteiger partial charge >= 0.3 is 0 Å². The second kappa shape index (κ2) is 6.07. The van der Waals surface area contributed by atoms with Crippen molar-refractivity contribution >= 4 is 5.91 Å². The quantitative estimate of drug-likeness (QED) is 0.775. The van der Waals surface area contributed by atoms with Crippen LogP contribution in [-0.4, -0.2) is 21.9 Å². The topological polar surface area (TPSA) is 25.2 Å². The first-order valence-electron chi connectivity index (χ1n) is 8.50. The Kier molecular flexibility index (Phi) is 3.78. The molecule has 0 bridgehead atoms. The molecule has 3 nitrogen and oxygen atoms in total. The summed E-state index contributed by atoms with van der Waals surface area (Å²) in [5, 5.41) is 0. The van der Waals surface area contributed by atoms with Gasteiger partial charge in [-0.05, 0) is 37.0 Å². The second-order valence-electron chi connectivity index (χ2n) is 6.45. The molecule has 2 atom stereocenters. The van der Waals surface area contributed by atoms with E-state index in [1.165, 1.54) is 11.3 Å². The Balaban J connectivity index is 1.70. The zero-order valence-corrected chi connectivity index (χ0v) is 13.3. The summed E-state index contributed by atoms with van der Waals surface area (Å²) < 4.78 is 2.28. The molecule has 2 aliphatic rings. The molecule has 1 aliphatic heterocycles. The maximum Gasteiger partial charge on any atom is 0.226 e. The summed E-state index contributed by atoms with van der Waals surface area (Å²) in [5.74, 6) is 0.461. The van der Waals surface area contributed by atoms with E-state index in [0.717, 1.165) is 32.4 Å². The van der Waals surface area contributed by atoms with Gasteiger partial charge in [0, 0.05) is 30.9 Å². The normalized spacial score (nSPS) is 23.6. The summed E-state index contributed by atoms with van der Waals surface area (Å²) in [6.07, 6.45) is 9.37. The molecule has 0 fully saturated rings. The predicted octanol–water partition coefficient (Wildman–Crippen LogP) is 3.78. The van der Waals surface area contributed by atoms with Gasteiger partial charge in [0.1, 0.15) is 0 Å². The number of amides is 1. The molecule has 1 aliphatic carbocycles. The van der Waals surface area contributed by atoms with E-state index in [9.17, 15) is 4.79 Å². The van der Waals surface area contributed by atoms with Crippen LogP contribution < -0.4 is 0 Å². The number of benzene rings is 1. The van der Waals surface area contributed by atoms with Crippen molar-refractivity contribution < 1.29 is 4.79 Å². The lowest BCUT2D eigenvalue weighted by molar-refractivity contribution is -0.138. The lowest BCUT2D eigenvalue weighted by atomic mass is 9.91. The van der Waals surface area contributed by atoms with Crippen molar-refractivity contribution in [2.24, 2.45) is 5.92 Å². The Morgan fingerprint density at radius 2 is 1.87 bits per heavy atom. The number of hydrogen-bond acceptors (Lipinski definition) is 1. The van der Waals surface area contributed by atoms with Gasteiger partial charge in [-0.1, -0.05) is 42.5 Å². The molecule has 118 valence electrons. The van der Waals surface area contributed by atoms with Crippen molar-refractivity contribution in [2.75, 3.05) is 6.54 Å². The number of allylic oxidation sites excluding steroid dienone is 2. The molecule has 1 aromatic heterocycles. The van der Waals surface area contributed by atoms with E-state index >= 15 is 0 Å². The summed E-state index contributed by atoms with van der Waals surface area (Å²) >= 11 is 0. The Bertz CT molecular complexity index is 716. The van der Waals surface area contributed by atoms with Crippen molar-refractivity contribution in [3.63, 3.8) is 0 Å². The maximum atomic E-state index is 13.2. The van der Waals surface area contributed by atoms with Gasteiger partial charge in [-0.3, -0.25) is 4.79 Å². The molecule has 0 N–H and O–H groups in total. The zero-order valence-electron chi connectivity index (χ0n) is 13.3. The first-order chi connectivity index (χ1) is 11.3. The summed E-state index contributed by atoms with van der Waals surface area (Å²) in [4.78, 5) is 15.3. The van der Waals surface area contributed by atoms with Gasteiger partial charge in [-0.15, -0.1) is 0 Å². The van der Waals surface area contributed by atoms with Crippen molar-refractivity contribution in [1.29, 1.82) is 0 Å². The van der Waals surface area contributed by atoms with Gasteiger partial charge in [-0.25, -0.2) is 0 Å². The van der Waals surface area contributed by atoms with Gasteiger partial charge in [0.05, 0.1) is 6.04 Å². The summed E-state index contributed by atoms with van der Waals surface area (Å²) in [5.41, 5.74) is 2.43. The lowest BCUT2D eigenvalue weighted by Gasteiger charge is -2.39. The molecule has 23 heavy (non-hydrogen) atoms. The molecule has 2 heterocycles. The number of carbonyl (C=O) groups excluding carboxylic acids is 1. The third-order valence-corrected chi connectivity index (χ3v) is 5.05. The van der Waals surface area contributed by atoms with Crippen LogP contribution in [0.3, 0.4) is 0 Å². The molecule has 1 aromatic carbocycles. The van der Waals surface area contributed by atoms with Gasteiger partial charge < -0.3 is 9.47 Å². The monoisotopic (exact) mass is 306 g/mol. The van der Waals surface area contributed by atoms with Gasteiger partial charge in [0.25, 0.3) is 0 Å². The summed E-state index contributed by atoms with van der Waals surface area (Å²) in [6.45, 7) is 1.68. The average Bonchev–Trinajstić information content (AvgIpc) is 3.10. The predicted molar refractivity (Wildman–Crippen MR) is 90.9 cm³/mol. The SMILES string of the molecule is O=C([C@@H]1CC=CCC1)N1CCn2cccc2[C@H]1c1ccccc1. The van der Waals surface area contributed by atoms with E-state index in [2.05, 4.69) is 64.2 Å². The fourth-order valence-electron chi connectivity index (χ4n) is 3.86. The molecule has 0 saturated carbocycles. The van der Waals surface area contributed by atoms with E-state index in [1.807, 2.05) is 6.07 Å². The molecule has 0 radical (unpaired) electrons. The first kappa shape index (κ1) is 14.3. The molecule has 0 spiro atoms. The van der Waals surface area contributed by atoms with Crippen LogP contribution in [0.15, 0.2) is 60.8 Å². The number of nitrogens with zero attached hydrogens (tertiary/aromatic N) is 2. The summed E-state index contributed by atoms with van der Waals surface area (Å²) in [7, 11) is 0. The average molecular weight is 306 g/mol. The highest BCUT2D eigenvalue weighted by Gasteiger charge is 2.35. The van der Waals surface area contributed by atoms with Crippen molar-refractivity contribution in [3.8, 4) is 0 Å². The maximum absolute atomic E-state index is 13.2. The minimum Gasteiger partial charge on any atom is -0.348 e. The van der Waals surface area contributed by atoms with Crippen LogP contribution in [0.4, 0.5) is 0 Å². The lowest BCUT2D eigenvalue weighted by Crippen LogP contribution is -2.45. The Morgan fingerprint density at radius 3 is 2.65 bits per heavy atom.